The molecule has 1 aromatic rings. The average molecular weight is 298 g/mol. The lowest BCUT2D eigenvalue weighted by Gasteiger charge is -2.34. The fraction of sp³-hybridized carbons (Fsp3) is 0.667. The summed E-state index contributed by atoms with van der Waals surface area (Å²) >= 11 is 0. The minimum Gasteiger partial charge on any atom is -0.336 e. The summed E-state index contributed by atoms with van der Waals surface area (Å²) in [5.41, 5.74) is 0. The summed E-state index contributed by atoms with van der Waals surface area (Å²) in [7, 11) is -3.73. The lowest BCUT2D eigenvalue weighted by Crippen LogP contribution is -2.46. The van der Waals surface area contributed by atoms with Crippen LogP contribution in [0.2, 0.25) is 0 Å². The fourth-order valence-corrected chi connectivity index (χ4v) is 4.01. The van der Waals surface area contributed by atoms with Gasteiger partial charge in [-0.15, -0.1) is 0 Å². The summed E-state index contributed by atoms with van der Waals surface area (Å²) in [6.45, 7) is 4.79. The van der Waals surface area contributed by atoms with Gasteiger partial charge in [0.2, 0.25) is 6.08 Å². The second-order valence-corrected chi connectivity index (χ2v) is 6.75. The summed E-state index contributed by atoms with van der Waals surface area (Å²) in [5, 5.41) is -0.000418. The highest BCUT2D eigenvalue weighted by atomic mass is 32.2. The molecule has 7 nitrogen and oxygen atoms in total. The largest absolute Gasteiger partial charge is 0.336 e. The van der Waals surface area contributed by atoms with Crippen molar-refractivity contribution in [2.24, 2.45) is 10.9 Å². The van der Waals surface area contributed by atoms with E-state index in [9.17, 15) is 13.2 Å². The van der Waals surface area contributed by atoms with E-state index in [-0.39, 0.29) is 10.9 Å². The Morgan fingerprint density at radius 2 is 2.30 bits per heavy atom. The summed E-state index contributed by atoms with van der Waals surface area (Å²) in [6, 6.07) is 0. The molecule has 0 aromatic carbocycles. The minimum atomic E-state index is -3.73. The Morgan fingerprint density at radius 3 is 2.90 bits per heavy atom. The van der Waals surface area contributed by atoms with E-state index in [1.165, 1.54) is 22.9 Å². The Kier molecular flexibility index (Phi) is 4.37. The molecule has 0 bridgehead atoms. The molecule has 0 radical (unpaired) electrons. The summed E-state index contributed by atoms with van der Waals surface area (Å²) in [4.78, 5) is 18.2. The first kappa shape index (κ1) is 14.9. The first-order valence-electron chi connectivity index (χ1n) is 6.61. The van der Waals surface area contributed by atoms with Gasteiger partial charge in [-0.25, -0.2) is 18.2 Å². The molecule has 2 heterocycles. The Hall–Kier alpha value is -1.50. The second kappa shape index (κ2) is 5.87. The van der Waals surface area contributed by atoms with Crippen molar-refractivity contribution in [3.8, 4) is 0 Å². The van der Waals surface area contributed by atoms with E-state index < -0.39 is 16.2 Å². The third kappa shape index (κ3) is 2.67. The van der Waals surface area contributed by atoms with E-state index in [1.54, 1.807) is 4.57 Å². The van der Waals surface area contributed by atoms with Gasteiger partial charge in [0, 0.05) is 19.3 Å². The molecule has 2 atom stereocenters. The number of hydrogen-bond donors (Lipinski definition) is 0. The number of hydrogen-bond acceptors (Lipinski definition) is 5. The molecule has 0 aliphatic carbocycles. The Balaban J connectivity index is 2.37. The van der Waals surface area contributed by atoms with Crippen LogP contribution in [-0.2, 0) is 21.4 Å². The van der Waals surface area contributed by atoms with E-state index >= 15 is 0 Å². The smallest absolute Gasteiger partial charge is 0.263 e. The molecule has 1 fully saturated rings. The molecular weight excluding hydrogens is 280 g/mol. The maximum absolute atomic E-state index is 12.6. The standard InChI is InChI=1S/C12H18N4O3S/c1-3-15-7-11(13-8-15)20(18,19)16-6-4-5-10(2)12(16)14-9-17/h7-8,10,12H,3-6H2,1-2H3. The Labute approximate surface area is 118 Å². The fourth-order valence-electron chi connectivity index (χ4n) is 2.41. The molecule has 1 saturated heterocycles. The van der Waals surface area contributed by atoms with Crippen molar-refractivity contribution >= 4 is 16.1 Å². The number of rotatable bonds is 4. The van der Waals surface area contributed by atoms with Crippen molar-refractivity contribution in [1.29, 1.82) is 0 Å². The number of aryl methyl sites for hydroxylation is 1. The topological polar surface area (TPSA) is 84.6 Å². The van der Waals surface area contributed by atoms with Gasteiger partial charge in [-0.3, -0.25) is 0 Å². The highest BCUT2D eigenvalue weighted by molar-refractivity contribution is 7.89. The van der Waals surface area contributed by atoms with Crippen LogP contribution >= 0.6 is 0 Å². The summed E-state index contributed by atoms with van der Waals surface area (Å²) in [6.07, 6.45) is 5.37. The number of aromatic nitrogens is 2. The van der Waals surface area contributed by atoms with Gasteiger partial charge < -0.3 is 4.57 Å². The van der Waals surface area contributed by atoms with Gasteiger partial charge >= 0.3 is 0 Å². The quantitative estimate of drug-likeness (QED) is 0.613. The van der Waals surface area contributed by atoms with Crippen LogP contribution in [0.3, 0.4) is 0 Å². The molecule has 0 saturated carbocycles. The molecule has 0 spiro atoms. The zero-order chi connectivity index (χ0) is 14.8. The average Bonchev–Trinajstić information content (AvgIpc) is 2.90. The number of sulfonamides is 1. The summed E-state index contributed by atoms with van der Waals surface area (Å²) in [5.74, 6) is -0.00626. The maximum Gasteiger partial charge on any atom is 0.263 e. The lowest BCUT2D eigenvalue weighted by molar-refractivity contribution is 0.193. The number of isocyanates is 1. The van der Waals surface area contributed by atoms with Crippen LogP contribution < -0.4 is 0 Å². The molecule has 8 heteroatoms. The van der Waals surface area contributed by atoms with Crippen molar-refractivity contribution in [2.75, 3.05) is 6.54 Å². The normalized spacial score (nSPS) is 24.3. The number of imidazole rings is 1. The predicted octanol–water partition coefficient (Wildman–Crippen LogP) is 0.985. The van der Waals surface area contributed by atoms with Gasteiger partial charge in [-0.2, -0.15) is 9.30 Å². The number of carbonyl (C=O) groups excluding carboxylic acids is 1. The summed E-state index contributed by atoms with van der Waals surface area (Å²) < 4.78 is 28.2. The van der Waals surface area contributed by atoms with E-state index in [4.69, 9.17) is 0 Å². The first-order valence-corrected chi connectivity index (χ1v) is 8.05. The Morgan fingerprint density at radius 1 is 1.55 bits per heavy atom. The molecule has 2 unspecified atom stereocenters. The lowest BCUT2D eigenvalue weighted by atomic mass is 9.98. The molecule has 20 heavy (non-hydrogen) atoms. The van der Waals surface area contributed by atoms with E-state index in [0.29, 0.717) is 13.1 Å². The number of piperidine rings is 1. The van der Waals surface area contributed by atoms with Gasteiger partial charge in [0.05, 0.1) is 6.33 Å². The highest BCUT2D eigenvalue weighted by Gasteiger charge is 2.38. The molecular formula is C12H18N4O3S. The van der Waals surface area contributed by atoms with Crippen LogP contribution in [0.4, 0.5) is 0 Å². The van der Waals surface area contributed by atoms with E-state index in [2.05, 4.69) is 9.98 Å². The van der Waals surface area contributed by atoms with Gasteiger partial charge in [0.25, 0.3) is 10.0 Å². The van der Waals surface area contributed by atoms with Crippen molar-refractivity contribution in [3.63, 3.8) is 0 Å². The molecule has 1 aliphatic heterocycles. The van der Waals surface area contributed by atoms with Crippen LogP contribution in [0.1, 0.15) is 26.7 Å². The molecule has 0 amide bonds. The Bertz CT molecular complexity index is 618. The third-order valence-corrected chi connectivity index (χ3v) is 5.33. The third-order valence-electron chi connectivity index (χ3n) is 3.57. The van der Waals surface area contributed by atoms with Gasteiger partial charge in [-0.1, -0.05) is 6.92 Å². The maximum atomic E-state index is 12.6. The van der Waals surface area contributed by atoms with Crippen molar-refractivity contribution in [1.82, 2.24) is 13.9 Å². The highest BCUT2D eigenvalue weighted by Crippen LogP contribution is 2.29. The number of nitrogens with zero attached hydrogens (tertiary/aromatic N) is 4. The molecule has 0 N–H and O–H groups in total. The van der Waals surface area contributed by atoms with Crippen LogP contribution in [0, 0.1) is 5.92 Å². The van der Waals surface area contributed by atoms with Gasteiger partial charge in [0.1, 0.15) is 6.17 Å². The van der Waals surface area contributed by atoms with E-state index in [1.807, 2.05) is 13.8 Å². The van der Waals surface area contributed by atoms with Crippen molar-refractivity contribution in [3.05, 3.63) is 12.5 Å². The SMILES string of the molecule is CCn1cnc(S(=O)(=O)N2CCCC(C)C2N=C=O)c1. The van der Waals surface area contributed by atoms with Gasteiger partial charge in [0.15, 0.2) is 5.03 Å². The van der Waals surface area contributed by atoms with Crippen LogP contribution in [0.15, 0.2) is 22.5 Å². The van der Waals surface area contributed by atoms with E-state index in [0.717, 1.165) is 12.8 Å². The first-order chi connectivity index (χ1) is 9.50. The van der Waals surface area contributed by atoms with Crippen LogP contribution in [-0.4, -0.2) is 41.1 Å². The zero-order valence-electron chi connectivity index (χ0n) is 11.6. The van der Waals surface area contributed by atoms with Crippen molar-refractivity contribution < 1.29 is 13.2 Å². The zero-order valence-corrected chi connectivity index (χ0v) is 12.4. The molecule has 110 valence electrons. The van der Waals surface area contributed by atoms with Crippen LogP contribution in [0.5, 0.6) is 0 Å². The monoisotopic (exact) mass is 298 g/mol. The molecule has 2 rings (SSSR count). The second-order valence-electron chi connectivity index (χ2n) is 4.91. The molecule has 1 aliphatic rings. The predicted molar refractivity (Wildman–Crippen MR) is 72.1 cm³/mol. The van der Waals surface area contributed by atoms with Crippen molar-refractivity contribution in [2.45, 2.75) is 44.4 Å². The van der Waals surface area contributed by atoms with Gasteiger partial charge in [-0.05, 0) is 25.7 Å². The number of aliphatic imine (C=N–C) groups is 1. The molecule has 1 aromatic heterocycles. The minimum absolute atomic E-state index is 0.000418. The van der Waals surface area contributed by atoms with Crippen LogP contribution in [0.25, 0.3) is 0 Å².